The third-order valence-corrected chi connectivity index (χ3v) is 25.1. The van der Waals surface area contributed by atoms with Crippen LogP contribution < -0.4 is 97.0 Å². The van der Waals surface area contributed by atoms with Crippen LogP contribution in [0.1, 0.15) is 230 Å². The second-order valence-electron chi connectivity index (χ2n) is 37.0. The summed E-state index contributed by atoms with van der Waals surface area (Å²) in [5, 5.41) is 98.1. The number of carboxylic acids is 3. The van der Waals surface area contributed by atoms with E-state index in [2.05, 4.69) is 110 Å². The van der Waals surface area contributed by atoms with Gasteiger partial charge in [-0.15, -0.1) is 5.10 Å². The number of nitrogens with two attached hydrogens (primary N) is 3. The van der Waals surface area contributed by atoms with Crippen molar-refractivity contribution in [3.05, 3.63) is 53.6 Å². The maximum Gasteiger partial charge on any atom is 0.317 e. The minimum absolute atomic E-state index is 0.00625. The fourth-order valence-corrected chi connectivity index (χ4v) is 17.6. The molecule has 0 radical (unpaired) electrons. The molecule has 0 saturated carbocycles. The molecule has 2 aromatic heterocycles. The SMILES string of the molecule is CC(=O)N[C@H]1CCNC(=O)C[C@@H](C(=O)N2CCC[C@H]2C(=O)N2CCC[C@H]2C(=O)N[C@@H](CCCNC(=N)N)C(=O)N[C@@H](CC(=O)O)C(=O)N[C@@H](CCCCN(CC(=O)O)CC(=O)O)C(=O)N[C@@H](CCCCNC(=O)COCCOCCNC(=O)CCCCCCCCCCCCCCCc2nnn[nH]2)C(N)=O)NC(=O)[C@H](Cc2c[nH]c3ccccc23)NC(=O)[C@H](CCCNC(=N)N)NC(=O)CNC(=O)[C@H](CC2=CCC=N2)NC1=O. The van der Waals surface area contributed by atoms with Crippen molar-refractivity contribution in [1.82, 2.24) is 120 Å². The minimum atomic E-state index is -2.06. The number of hydrogen-bond acceptors (Lipinski definition) is 28. The Labute approximate surface area is 856 Å². The van der Waals surface area contributed by atoms with Crippen LogP contribution in [0, 0.1) is 10.8 Å². The summed E-state index contributed by atoms with van der Waals surface area (Å²) in [4.78, 5) is 274. The number of aromatic nitrogens is 5. The van der Waals surface area contributed by atoms with Crippen LogP contribution in [-0.4, -0.2) is 351 Å². The first kappa shape index (κ1) is 121. The van der Waals surface area contributed by atoms with Gasteiger partial charge in [-0.2, -0.15) is 0 Å². The maximum absolute atomic E-state index is 15.6. The molecule has 28 N–H and O–H groups in total. The van der Waals surface area contributed by atoms with Gasteiger partial charge < -0.3 is 137 Å². The molecule has 11 atom stereocenters. The molecule has 16 amide bonds. The zero-order valence-electron chi connectivity index (χ0n) is 84.0. The van der Waals surface area contributed by atoms with E-state index in [1.807, 2.05) is 0 Å². The third-order valence-electron chi connectivity index (χ3n) is 25.1. The number of para-hydroxylation sites is 1. The van der Waals surface area contributed by atoms with Gasteiger partial charge in [-0.05, 0) is 138 Å². The Balaban J connectivity index is 0.993. The van der Waals surface area contributed by atoms with Crippen LogP contribution in [0.2, 0.25) is 0 Å². The number of H-pyrrole nitrogens is 2. The topological polar surface area (TPSA) is 802 Å². The Hall–Kier alpha value is -14.4. The lowest BCUT2D eigenvalue weighted by atomic mass is 10.0. The van der Waals surface area contributed by atoms with Crippen molar-refractivity contribution in [3.8, 4) is 0 Å². The van der Waals surface area contributed by atoms with Gasteiger partial charge in [0.2, 0.25) is 94.5 Å². The molecule has 0 aliphatic carbocycles. The van der Waals surface area contributed by atoms with Gasteiger partial charge in [0.25, 0.3) is 0 Å². The Morgan fingerprint density at radius 2 is 1.14 bits per heavy atom. The number of fused-ring (bicyclic) bond motifs is 1. The smallest absolute Gasteiger partial charge is 0.317 e. The molecule has 148 heavy (non-hydrogen) atoms. The van der Waals surface area contributed by atoms with Crippen LogP contribution in [0.5, 0.6) is 0 Å². The number of carbonyl (C=O) groups excluding carboxylic acids is 16. The number of tetrazole rings is 1. The van der Waals surface area contributed by atoms with Crippen molar-refractivity contribution in [1.29, 1.82) is 10.8 Å². The predicted molar refractivity (Wildman–Crippen MR) is 535 cm³/mol. The van der Waals surface area contributed by atoms with Crippen LogP contribution in [0.3, 0.4) is 0 Å². The molecule has 4 aliphatic heterocycles. The number of amides is 16. The summed E-state index contributed by atoms with van der Waals surface area (Å²) in [5.74, 6) is -18.6. The number of benzene rings is 1. The van der Waals surface area contributed by atoms with Crippen LogP contribution in [0.25, 0.3) is 10.9 Å². The Morgan fingerprint density at radius 3 is 1.78 bits per heavy atom. The van der Waals surface area contributed by atoms with Crippen molar-refractivity contribution >= 4 is 141 Å². The third kappa shape index (κ3) is 46.1. The van der Waals surface area contributed by atoms with E-state index in [9.17, 15) is 92.0 Å². The average Bonchev–Trinajstić information content (AvgIpc) is 1.64. The van der Waals surface area contributed by atoms with E-state index in [1.165, 1.54) is 56.3 Å². The van der Waals surface area contributed by atoms with Gasteiger partial charge in [0.05, 0.1) is 52.3 Å². The molecule has 3 aromatic rings. The van der Waals surface area contributed by atoms with E-state index >= 15 is 14.4 Å². The summed E-state index contributed by atoms with van der Waals surface area (Å²) in [6.45, 7) is -1.40. The number of hydrogen-bond donors (Lipinski definition) is 25. The summed E-state index contributed by atoms with van der Waals surface area (Å²) in [5.41, 5.74) is 18.4. The summed E-state index contributed by atoms with van der Waals surface area (Å²) >= 11 is 0. The molecule has 0 bridgehead atoms. The number of ether oxygens (including phenoxy) is 2. The molecule has 818 valence electrons. The van der Waals surface area contributed by atoms with Gasteiger partial charge in [0, 0.05) is 114 Å². The maximum atomic E-state index is 15.6. The first-order valence-corrected chi connectivity index (χ1v) is 50.9. The number of likely N-dealkylation sites (tertiary alicyclic amines) is 2. The van der Waals surface area contributed by atoms with E-state index in [1.54, 1.807) is 42.8 Å². The van der Waals surface area contributed by atoms with Gasteiger partial charge in [-0.25, -0.2) is 5.10 Å². The molecule has 0 spiro atoms. The zero-order chi connectivity index (χ0) is 108. The van der Waals surface area contributed by atoms with Gasteiger partial charge in [-0.1, -0.05) is 94.9 Å². The van der Waals surface area contributed by atoms with Crippen molar-refractivity contribution in [2.75, 3.05) is 98.4 Å². The van der Waals surface area contributed by atoms with Crippen molar-refractivity contribution in [2.45, 2.75) is 298 Å². The number of primary amides is 1. The number of carbonyl (C=O) groups is 19. The number of carboxylic acid groups (broad SMARTS) is 3. The number of aliphatic carboxylic acids is 3. The number of nitrogens with one attached hydrogen (secondary N) is 19. The van der Waals surface area contributed by atoms with Gasteiger partial charge in [-0.3, -0.25) is 112 Å². The summed E-state index contributed by atoms with van der Waals surface area (Å²) < 4.78 is 11.0. The Bertz CT molecular complexity index is 4970. The molecule has 0 unspecified atom stereocenters. The van der Waals surface area contributed by atoms with E-state index < -0.39 is 217 Å². The van der Waals surface area contributed by atoms with Crippen LogP contribution >= 0.6 is 0 Å². The lowest BCUT2D eigenvalue weighted by Gasteiger charge is -2.33. The van der Waals surface area contributed by atoms with Gasteiger partial charge in [0.15, 0.2) is 11.9 Å². The van der Waals surface area contributed by atoms with E-state index in [-0.39, 0.29) is 187 Å². The number of aliphatic imine (C=N–C) groups is 1. The summed E-state index contributed by atoms with van der Waals surface area (Å²) in [6, 6.07) is -10.6. The first-order chi connectivity index (χ1) is 71.0. The Kier molecular flexibility index (Phi) is 54.3. The molecule has 3 saturated heterocycles. The normalized spacial score (nSPS) is 18.7. The highest BCUT2D eigenvalue weighted by molar-refractivity contribution is 6.02. The van der Waals surface area contributed by atoms with Crippen LogP contribution in [0.4, 0.5) is 0 Å². The van der Waals surface area contributed by atoms with Crippen molar-refractivity contribution in [3.63, 3.8) is 0 Å². The molecular formula is C95H149N29O24. The number of unbranched alkanes of at least 4 members (excludes halogenated alkanes) is 14. The molecule has 1 aromatic carbocycles. The largest absolute Gasteiger partial charge is 0.481 e. The molecule has 6 heterocycles. The predicted octanol–water partition coefficient (Wildman–Crippen LogP) is -3.37. The quantitative estimate of drug-likeness (QED) is 0.0149. The molecular weight excluding hydrogens is 1930 g/mol. The van der Waals surface area contributed by atoms with Gasteiger partial charge >= 0.3 is 17.9 Å². The zero-order valence-corrected chi connectivity index (χ0v) is 84.0. The van der Waals surface area contributed by atoms with Crippen molar-refractivity contribution < 1.29 is 116 Å². The molecule has 4 aliphatic rings. The number of nitrogens with zero attached hydrogens (tertiary/aromatic N) is 7. The lowest BCUT2D eigenvalue weighted by molar-refractivity contribution is -0.148. The average molecular weight is 2080 g/mol. The lowest BCUT2D eigenvalue weighted by Crippen LogP contribution is -2.60. The van der Waals surface area contributed by atoms with E-state index in [0.29, 0.717) is 41.5 Å². The molecule has 53 nitrogen and oxygen atoms in total. The van der Waals surface area contributed by atoms with Gasteiger partial charge in [0.1, 0.15) is 78.9 Å². The van der Waals surface area contributed by atoms with Crippen LogP contribution in [0.15, 0.2) is 47.2 Å². The molecule has 7 rings (SSSR count). The number of aryl methyl sites for hydroxylation is 1. The van der Waals surface area contributed by atoms with Crippen molar-refractivity contribution in [2.24, 2.45) is 22.2 Å². The second-order valence-corrected chi connectivity index (χ2v) is 37.0. The highest BCUT2D eigenvalue weighted by atomic mass is 16.5. The molecule has 3 fully saturated rings. The number of allylic oxidation sites excluding steroid dienone is 1. The first-order valence-electron chi connectivity index (χ1n) is 50.9. The van der Waals surface area contributed by atoms with E-state index in [4.69, 9.17) is 37.5 Å². The van der Waals surface area contributed by atoms with E-state index in [0.717, 1.165) is 61.1 Å². The molecule has 53 heteroatoms. The number of aromatic amines is 2. The minimum Gasteiger partial charge on any atom is -0.481 e. The highest BCUT2D eigenvalue weighted by Gasteiger charge is 2.46. The summed E-state index contributed by atoms with van der Waals surface area (Å²) in [6.07, 6.45) is 18.3. The number of guanidine groups is 2. The number of rotatable bonds is 64. The Morgan fingerprint density at radius 1 is 0.554 bits per heavy atom. The monoisotopic (exact) mass is 2080 g/mol. The van der Waals surface area contributed by atoms with Crippen LogP contribution in [-0.2, 0) is 113 Å². The summed E-state index contributed by atoms with van der Waals surface area (Å²) in [7, 11) is 0. The second kappa shape index (κ2) is 66.7. The standard InChI is InChI=1S/C95H149N29O24/c1-59(125)109-68-37-42-103-77(127)52-72(117-89(142)69(50-60-54-107-63-28-16-15-27-62(60)63)114-85(138)65(31-22-40-105-94(97)98)110-78(128)55-108-84(137)70(115-88(68)141)51-61-26-21-39-101-61)92(145)124-46-25-34-74(124)93(146)123-45-24-33-73(123)91(144)113-67(32-23-41-106-95(99)100)87(140)116-71(53-80(130)131)90(143)112-66(30-18-20-44-122(56-81(132)133)57-82(134)135)86(139)111-64(83(96)136)29-17-19-38-102-79(129)58-148-49-48-147-47-43-104-76(126)36-14-12-10-8-6-4-2-3-5-7-9-11-13-35-75-118-120-121-119-75/h15-16,26-28,39,54,64-74,107H,2-14,17-25,29-38,40-53,55-58H2,1H3,(H2,96,136)(H,102,129)(H,103,127)(H,104,126)(H,108,137)(H,109,125)(H,110,128)(H,111,139)(H,112,143)(H,113,144)(H,114,138)(H,115,141)(H,116,140)(H,117,142)(H,130,131)(H,132,133)(H,134,135)(H4,97,98,105)(H4,99,100,106)(H,118,119,120,121)/t64-,65-,66-,67-,68-,69-,70-,71-,72-,73-,74-/m0/s1. The highest BCUT2D eigenvalue weighted by Crippen LogP contribution is 2.28. The fourth-order valence-electron chi connectivity index (χ4n) is 17.6. The fraction of sp³-hybridized carbons (Fsp3) is 0.653.